The van der Waals surface area contributed by atoms with E-state index in [0.29, 0.717) is 24.2 Å². The average Bonchev–Trinajstić information content (AvgIpc) is 3.15. The molecule has 7 atom stereocenters. The first kappa shape index (κ1) is 13.5. The maximum Gasteiger partial charge on any atom is 0.144 e. The van der Waals surface area contributed by atoms with E-state index in [1.165, 1.54) is 0 Å². The Morgan fingerprint density at radius 2 is 1.80 bits per heavy atom. The van der Waals surface area contributed by atoms with Crippen LogP contribution in [-0.2, 0) is 14.3 Å². The van der Waals surface area contributed by atoms with Gasteiger partial charge in [0.15, 0.2) is 0 Å². The van der Waals surface area contributed by atoms with Gasteiger partial charge in [-0.25, -0.2) is 5.23 Å². The summed E-state index contributed by atoms with van der Waals surface area (Å²) in [5, 5.41) is 12.4. The summed E-state index contributed by atoms with van der Waals surface area (Å²) in [4.78, 5) is 5.90. The van der Waals surface area contributed by atoms with Gasteiger partial charge in [-0.05, 0) is 45.4 Å². The van der Waals surface area contributed by atoms with Crippen LogP contribution >= 0.6 is 0 Å². The first-order valence-electron chi connectivity index (χ1n) is 8.07. The van der Waals surface area contributed by atoms with Crippen LogP contribution in [0.2, 0.25) is 0 Å². The Balaban J connectivity index is 1.36. The van der Waals surface area contributed by atoms with Gasteiger partial charge in [0.05, 0.1) is 18.3 Å². The number of hydrogen-bond acceptors (Lipinski definition) is 4. The highest BCUT2D eigenvalue weighted by Crippen LogP contribution is 2.44. The number of epoxide rings is 1. The number of hydrogen-bond donors (Lipinski definition) is 1. The number of quaternary nitrogens is 1. The second-order valence-electron chi connectivity index (χ2n) is 7.46. The van der Waals surface area contributed by atoms with Crippen LogP contribution in [-0.4, -0.2) is 36.1 Å². The van der Waals surface area contributed by atoms with E-state index in [2.05, 4.69) is 13.8 Å². The van der Waals surface area contributed by atoms with E-state index in [1.54, 1.807) is 0 Å². The summed E-state index contributed by atoms with van der Waals surface area (Å²) in [6.45, 7) is 4.12. The average molecular weight is 283 g/mol. The van der Waals surface area contributed by atoms with E-state index in [-0.39, 0.29) is 23.0 Å². The molecule has 0 spiro atoms. The molecular weight excluding hydrogens is 258 g/mol. The molecule has 0 aromatic rings. The summed E-state index contributed by atoms with van der Waals surface area (Å²) < 4.78 is 11.3. The highest BCUT2D eigenvalue weighted by molar-refractivity contribution is 4.96. The molecule has 0 aromatic heterocycles. The molecule has 0 aromatic carbocycles. The van der Waals surface area contributed by atoms with Gasteiger partial charge in [0.1, 0.15) is 17.7 Å². The van der Waals surface area contributed by atoms with Gasteiger partial charge < -0.3 is 14.7 Å². The second-order valence-corrected chi connectivity index (χ2v) is 7.46. The summed E-state index contributed by atoms with van der Waals surface area (Å²) in [5.74, 6) is 0.425. The van der Waals surface area contributed by atoms with Crippen molar-refractivity contribution in [2.75, 3.05) is 0 Å². The minimum atomic E-state index is -0.380. The highest BCUT2D eigenvalue weighted by Gasteiger charge is 2.51. The van der Waals surface area contributed by atoms with Gasteiger partial charge in [-0.1, -0.05) is 0 Å². The van der Waals surface area contributed by atoms with Crippen molar-refractivity contribution in [2.24, 2.45) is 5.92 Å². The van der Waals surface area contributed by atoms with Crippen LogP contribution in [0.1, 0.15) is 52.4 Å². The molecule has 3 aliphatic heterocycles. The minimum Gasteiger partial charge on any atom is -0.600 e. The Bertz CT molecular complexity index is 379. The van der Waals surface area contributed by atoms with Crippen LogP contribution in [0.5, 0.6) is 0 Å². The molecule has 2 saturated carbocycles. The highest BCUT2D eigenvalue weighted by atomic mass is 16.9. The summed E-state index contributed by atoms with van der Waals surface area (Å²) >= 11 is 0. The van der Waals surface area contributed by atoms with E-state index >= 15 is 0 Å². The first-order valence-corrected chi connectivity index (χ1v) is 8.07. The third-order valence-corrected chi connectivity index (χ3v) is 5.76. The molecule has 20 heavy (non-hydrogen) atoms. The fourth-order valence-corrected chi connectivity index (χ4v) is 4.22. The lowest BCUT2D eigenvalue weighted by Crippen LogP contribution is -3.14. The van der Waals surface area contributed by atoms with Crippen molar-refractivity contribution < 1.29 is 19.5 Å². The summed E-state index contributed by atoms with van der Waals surface area (Å²) in [6.07, 6.45) is 7.72. The van der Waals surface area contributed by atoms with Gasteiger partial charge in [0.25, 0.3) is 0 Å². The van der Waals surface area contributed by atoms with Crippen molar-refractivity contribution in [1.82, 2.24) is 0 Å². The van der Waals surface area contributed by atoms with Crippen LogP contribution in [0.25, 0.3) is 0 Å². The normalized spacial score (nSPS) is 48.1. The standard InChI is InChI=1S/C15H25NO4/c1-15(2,9-3-6-12-14(7-9)19-12)20-16(17)11-5-4-10-8-13(11)18-10/h9-14,16H,3-8H2,1-2H3. The Kier molecular flexibility index (Phi) is 3.13. The van der Waals surface area contributed by atoms with Crippen LogP contribution in [0, 0.1) is 11.1 Å². The van der Waals surface area contributed by atoms with Gasteiger partial charge in [0, 0.05) is 12.8 Å². The molecule has 0 radical (unpaired) electrons. The number of fused-ring (bicyclic) bond motifs is 3. The Morgan fingerprint density at radius 1 is 1.00 bits per heavy atom. The molecule has 7 unspecified atom stereocenters. The first-order chi connectivity index (χ1) is 9.53. The summed E-state index contributed by atoms with van der Waals surface area (Å²) in [5.41, 5.74) is -0.380. The number of ether oxygens (including phenoxy) is 2. The lowest BCUT2D eigenvalue weighted by molar-refractivity contribution is -1.09. The Hall–Kier alpha value is -0.200. The van der Waals surface area contributed by atoms with Crippen molar-refractivity contribution in [3.05, 3.63) is 5.21 Å². The predicted molar refractivity (Wildman–Crippen MR) is 71.8 cm³/mol. The van der Waals surface area contributed by atoms with Gasteiger partial charge >= 0.3 is 0 Å². The van der Waals surface area contributed by atoms with E-state index in [1.807, 2.05) is 0 Å². The zero-order valence-corrected chi connectivity index (χ0v) is 12.3. The summed E-state index contributed by atoms with van der Waals surface area (Å²) in [6, 6.07) is -0.0345. The topological polar surface area (TPSA) is 58.5 Å². The molecule has 5 nitrogen and oxygen atoms in total. The van der Waals surface area contributed by atoms with E-state index in [0.717, 1.165) is 38.5 Å². The van der Waals surface area contributed by atoms with Gasteiger partial charge in [-0.3, -0.25) is 0 Å². The molecule has 3 heterocycles. The third kappa shape index (κ3) is 2.29. The summed E-state index contributed by atoms with van der Waals surface area (Å²) in [7, 11) is 0. The van der Waals surface area contributed by atoms with Gasteiger partial charge in [0.2, 0.25) is 0 Å². The molecule has 2 aliphatic carbocycles. The minimum absolute atomic E-state index is 0.0345. The predicted octanol–water partition coefficient (Wildman–Crippen LogP) is 0.967. The number of nitrogens with one attached hydrogen (secondary N) is 1. The molecular formula is C15H25NO4. The maximum absolute atomic E-state index is 12.4. The van der Waals surface area contributed by atoms with Crippen LogP contribution in [0.4, 0.5) is 0 Å². The molecule has 3 saturated heterocycles. The fraction of sp³-hybridized carbons (Fsp3) is 1.00. The van der Waals surface area contributed by atoms with Crippen LogP contribution < -0.4 is 5.23 Å². The lowest BCUT2D eigenvalue weighted by atomic mass is 9.79. The van der Waals surface area contributed by atoms with Crippen molar-refractivity contribution in [1.29, 1.82) is 0 Å². The molecule has 5 rings (SSSR count). The van der Waals surface area contributed by atoms with E-state index in [9.17, 15) is 5.21 Å². The van der Waals surface area contributed by atoms with E-state index < -0.39 is 0 Å². The largest absolute Gasteiger partial charge is 0.600 e. The molecule has 114 valence electrons. The van der Waals surface area contributed by atoms with Crippen molar-refractivity contribution >= 4 is 0 Å². The smallest absolute Gasteiger partial charge is 0.144 e. The second kappa shape index (κ2) is 4.65. The van der Waals surface area contributed by atoms with Crippen molar-refractivity contribution in [3.8, 4) is 0 Å². The molecule has 0 amide bonds. The fourth-order valence-electron chi connectivity index (χ4n) is 4.22. The lowest BCUT2D eigenvalue weighted by Gasteiger charge is -2.49. The van der Waals surface area contributed by atoms with Gasteiger partial charge in [-0.15, -0.1) is 0 Å². The molecule has 5 heteroatoms. The van der Waals surface area contributed by atoms with E-state index in [4.69, 9.17) is 14.3 Å². The zero-order chi connectivity index (χ0) is 13.9. The quantitative estimate of drug-likeness (QED) is 0.617. The monoisotopic (exact) mass is 283 g/mol. The van der Waals surface area contributed by atoms with Crippen LogP contribution in [0.3, 0.4) is 0 Å². The Labute approximate surface area is 120 Å². The number of rotatable bonds is 4. The third-order valence-electron chi connectivity index (χ3n) is 5.76. The SMILES string of the molecule is CC(C)(O[NH+]([O-])C1CCC2CC1O2)C1CCC2OC2C1. The molecule has 2 bridgehead atoms. The number of hydroxylamine groups is 2. The Morgan fingerprint density at radius 3 is 2.45 bits per heavy atom. The maximum atomic E-state index is 12.4. The molecule has 5 fully saturated rings. The van der Waals surface area contributed by atoms with Crippen LogP contribution in [0.15, 0.2) is 0 Å². The zero-order valence-electron chi connectivity index (χ0n) is 12.3. The van der Waals surface area contributed by atoms with Crippen molar-refractivity contribution in [2.45, 2.75) is 88.4 Å². The van der Waals surface area contributed by atoms with Gasteiger partial charge in [-0.2, -0.15) is 4.84 Å². The molecule has 5 aliphatic rings. The van der Waals surface area contributed by atoms with Crippen molar-refractivity contribution in [3.63, 3.8) is 0 Å². The molecule has 1 N–H and O–H groups in total.